The second-order valence-corrected chi connectivity index (χ2v) is 5.26. The topological polar surface area (TPSA) is 65.0 Å². The minimum Gasteiger partial charge on any atom is -0.504 e. The molecule has 0 aliphatic heterocycles. The third kappa shape index (κ3) is 3.48. The first-order valence-electron chi connectivity index (χ1n) is 6.60. The highest BCUT2D eigenvalue weighted by Crippen LogP contribution is 2.45. The van der Waals surface area contributed by atoms with E-state index in [-0.39, 0.29) is 11.5 Å². The summed E-state index contributed by atoms with van der Waals surface area (Å²) >= 11 is 3.46. The molecule has 0 bridgehead atoms. The van der Waals surface area contributed by atoms with Gasteiger partial charge in [-0.15, -0.1) is 0 Å². The van der Waals surface area contributed by atoms with Gasteiger partial charge < -0.3 is 19.3 Å². The average Bonchev–Trinajstić information content (AvgIpc) is 2.57. The van der Waals surface area contributed by atoms with E-state index < -0.39 is 5.97 Å². The minimum absolute atomic E-state index is 0.0356. The Balaban J connectivity index is 2.69. The van der Waals surface area contributed by atoms with Crippen LogP contribution in [0.5, 0.6) is 23.0 Å². The first kappa shape index (κ1) is 16.9. The predicted molar refractivity (Wildman–Crippen MR) is 90.2 cm³/mol. The normalized spacial score (nSPS) is 10.0. The van der Waals surface area contributed by atoms with Gasteiger partial charge in [0.1, 0.15) is 11.5 Å². The smallest absolute Gasteiger partial charge is 0.335 e. The Morgan fingerprint density at radius 2 is 1.96 bits per heavy atom. The molecule has 6 heteroatoms. The third-order valence-corrected chi connectivity index (χ3v) is 3.94. The average molecular weight is 379 g/mol. The zero-order valence-electron chi connectivity index (χ0n) is 12.6. The van der Waals surface area contributed by atoms with Gasteiger partial charge in [-0.1, -0.05) is 18.7 Å². The lowest BCUT2D eigenvalue weighted by atomic mass is 10.0. The van der Waals surface area contributed by atoms with E-state index in [0.29, 0.717) is 27.1 Å². The molecule has 1 N–H and O–H groups in total. The van der Waals surface area contributed by atoms with Crippen LogP contribution in [-0.2, 0) is 4.79 Å². The fourth-order valence-corrected chi connectivity index (χ4v) is 2.63. The lowest BCUT2D eigenvalue weighted by molar-refractivity contribution is -0.129. The Hall–Kier alpha value is -2.47. The number of hydrogen-bond donors (Lipinski definition) is 1. The SMILES string of the molecule is C=CC(=O)Oc1c(O)cccc1-c1cc(OC)cc(OC)c1Br. The van der Waals surface area contributed by atoms with E-state index in [9.17, 15) is 9.90 Å². The van der Waals surface area contributed by atoms with Crippen LogP contribution in [0.2, 0.25) is 0 Å². The molecule has 0 spiro atoms. The van der Waals surface area contributed by atoms with Crippen LogP contribution in [0.1, 0.15) is 0 Å². The summed E-state index contributed by atoms with van der Waals surface area (Å²) in [6.07, 6.45) is 1.03. The van der Waals surface area contributed by atoms with Crippen LogP contribution in [0.25, 0.3) is 11.1 Å². The molecule has 0 radical (unpaired) electrons. The van der Waals surface area contributed by atoms with E-state index in [1.165, 1.54) is 20.3 Å². The maximum atomic E-state index is 11.5. The second kappa shape index (κ2) is 7.19. The lowest BCUT2D eigenvalue weighted by Crippen LogP contribution is -2.04. The van der Waals surface area contributed by atoms with Gasteiger partial charge in [0.25, 0.3) is 0 Å². The summed E-state index contributed by atoms with van der Waals surface area (Å²) in [6, 6.07) is 8.25. The fourth-order valence-electron chi connectivity index (χ4n) is 2.02. The number of methoxy groups -OCH3 is 2. The molecule has 0 aliphatic rings. The number of carbonyl (C=O) groups excluding carboxylic acids is 1. The van der Waals surface area contributed by atoms with Gasteiger partial charge in [0, 0.05) is 23.3 Å². The summed E-state index contributed by atoms with van der Waals surface area (Å²) in [4.78, 5) is 11.5. The highest BCUT2D eigenvalue weighted by Gasteiger charge is 2.19. The molecule has 0 saturated carbocycles. The van der Waals surface area contributed by atoms with E-state index in [2.05, 4.69) is 22.5 Å². The van der Waals surface area contributed by atoms with Gasteiger partial charge in [0.2, 0.25) is 0 Å². The summed E-state index contributed by atoms with van der Waals surface area (Å²) in [5, 5.41) is 10.1. The van der Waals surface area contributed by atoms with Crippen molar-refractivity contribution in [3.05, 3.63) is 47.5 Å². The Labute approximate surface area is 142 Å². The van der Waals surface area contributed by atoms with Crippen molar-refractivity contribution < 1.29 is 24.1 Å². The standard InChI is InChI=1S/C17H15BrO5/c1-4-15(20)23-17-11(6-5-7-13(17)19)12-8-10(21-2)9-14(22-3)16(12)18/h4-9,19H,1H2,2-3H3. The van der Waals surface area contributed by atoms with Gasteiger partial charge >= 0.3 is 5.97 Å². The number of phenols is 1. The monoisotopic (exact) mass is 378 g/mol. The molecule has 0 aromatic heterocycles. The van der Waals surface area contributed by atoms with Crippen LogP contribution >= 0.6 is 15.9 Å². The van der Waals surface area contributed by atoms with Crippen molar-refractivity contribution in [2.75, 3.05) is 14.2 Å². The highest BCUT2D eigenvalue weighted by molar-refractivity contribution is 9.10. The van der Waals surface area contributed by atoms with Crippen molar-refractivity contribution in [3.8, 4) is 34.1 Å². The summed E-state index contributed by atoms with van der Waals surface area (Å²) in [6.45, 7) is 3.36. The predicted octanol–water partition coefficient (Wildman–Crippen LogP) is 3.93. The third-order valence-electron chi connectivity index (χ3n) is 3.12. The van der Waals surface area contributed by atoms with E-state index in [0.717, 1.165) is 6.08 Å². The number of esters is 1. The summed E-state index contributed by atoms with van der Waals surface area (Å²) < 4.78 is 16.4. The van der Waals surface area contributed by atoms with Crippen molar-refractivity contribution in [1.82, 2.24) is 0 Å². The molecule has 2 rings (SSSR count). The van der Waals surface area contributed by atoms with Gasteiger partial charge in [0.05, 0.1) is 18.7 Å². The Morgan fingerprint density at radius 3 is 2.57 bits per heavy atom. The van der Waals surface area contributed by atoms with Crippen LogP contribution in [0, 0.1) is 0 Å². The van der Waals surface area contributed by atoms with Crippen molar-refractivity contribution in [1.29, 1.82) is 0 Å². The number of rotatable bonds is 5. The lowest BCUT2D eigenvalue weighted by Gasteiger charge is -2.15. The van der Waals surface area contributed by atoms with Gasteiger partial charge in [-0.3, -0.25) is 0 Å². The number of halogens is 1. The van der Waals surface area contributed by atoms with Crippen LogP contribution in [-0.4, -0.2) is 25.3 Å². The van der Waals surface area contributed by atoms with Crippen molar-refractivity contribution >= 4 is 21.9 Å². The number of para-hydroxylation sites is 1. The number of hydrogen-bond acceptors (Lipinski definition) is 5. The fraction of sp³-hybridized carbons (Fsp3) is 0.118. The molecule has 0 unspecified atom stereocenters. The molecule has 5 nitrogen and oxygen atoms in total. The number of carbonyl (C=O) groups is 1. The van der Waals surface area contributed by atoms with Crippen LogP contribution in [0.15, 0.2) is 47.5 Å². The molecule has 120 valence electrons. The molecule has 0 atom stereocenters. The minimum atomic E-state index is -0.668. The number of benzene rings is 2. The van der Waals surface area contributed by atoms with E-state index in [1.54, 1.807) is 24.3 Å². The largest absolute Gasteiger partial charge is 0.504 e. The zero-order valence-corrected chi connectivity index (χ0v) is 14.2. The Bertz CT molecular complexity index is 755. The molecular formula is C17H15BrO5. The Kier molecular flexibility index (Phi) is 5.28. The van der Waals surface area contributed by atoms with E-state index in [4.69, 9.17) is 14.2 Å². The van der Waals surface area contributed by atoms with E-state index in [1.807, 2.05) is 0 Å². The first-order chi connectivity index (χ1) is 11.0. The quantitative estimate of drug-likeness (QED) is 0.485. The molecular weight excluding hydrogens is 364 g/mol. The van der Waals surface area contributed by atoms with Crippen LogP contribution < -0.4 is 14.2 Å². The summed E-state index contributed by atoms with van der Waals surface area (Å²) in [5.41, 5.74) is 1.15. The van der Waals surface area contributed by atoms with Crippen molar-refractivity contribution in [2.45, 2.75) is 0 Å². The van der Waals surface area contributed by atoms with Crippen molar-refractivity contribution in [2.24, 2.45) is 0 Å². The molecule has 2 aromatic carbocycles. The number of ether oxygens (including phenoxy) is 3. The maximum absolute atomic E-state index is 11.5. The Morgan fingerprint density at radius 1 is 1.22 bits per heavy atom. The second-order valence-electron chi connectivity index (χ2n) is 4.47. The van der Waals surface area contributed by atoms with Gasteiger partial charge in [-0.25, -0.2) is 4.79 Å². The van der Waals surface area contributed by atoms with Crippen LogP contribution in [0.4, 0.5) is 0 Å². The molecule has 2 aromatic rings. The van der Waals surface area contributed by atoms with Crippen LogP contribution in [0.3, 0.4) is 0 Å². The number of phenolic OH excluding ortho intramolecular Hbond substituents is 1. The van der Waals surface area contributed by atoms with E-state index >= 15 is 0 Å². The summed E-state index contributed by atoms with van der Waals surface area (Å²) in [5.74, 6) is 0.312. The first-order valence-corrected chi connectivity index (χ1v) is 7.39. The van der Waals surface area contributed by atoms with Gasteiger partial charge in [-0.2, -0.15) is 0 Å². The maximum Gasteiger partial charge on any atom is 0.335 e. The molecule has 0 aliphatic carbocycles. The molecule has 0 amide bonds. The highest BCUT2D eigenvalue weighted by atomic mass is 79.9. The van der Waals surface area contributed by atoms with Gasteiger partial charge in [-0.05, 0) is 28.1 Å². The van der Waals surface area contributed by atoms with Gasteiger partial charge in [0.15, 0.2) is 11.5 Å². The molecule has 0 fully saturated rings. The molecule has 23 heavy (non-hydrogen) atoms. The zero-order chi connectivity index (χ0) is 17.0. The number of aromatic hydroxyl groups is 1. The molecule has 0 heterocycles. The molecule has 0 saturated heterocycles. The van der Waals surface area contributed by atoms with Crippen molar-refractivity contribution in [3.63, 3.8) is 0 Å². The summed E-state index contributed by atoms with van der Waals surface area (Å²) in [7, 11) is 3.07.